The molecule has 1 heterocycles. The van der Waals surface area contributed by atoms with Crippen molar-refractivity contribution in [3.05, 3.63) is 23.8 Å². The van der Waals surface area contributed by atoms with Crippen LogP contribution in [0.3, 0.4) is 0 Å². The maximum atomic E-state index is 4.27. The largest absolute Gasteiger partial charge is 0.332 e. The van der Waals surface area contributed by atoms with Crippen LogP contribution in [0.5, 0.6) is 0 Å². The Morgan fingerprint density at radius 1 is 1.33 bits per heavy atom. The first-order valence-corrected chi connectivity index (χ1v) is 4.29. The highest BCUT2D eigenvalue weighted by molar-refractivity contribution is 5.39. The third kappa shape index (κ3) is 1.97. The van der Waals surface area contributed by atoms with Crippen molar-refractivity contribution in [1.29, 1.82) is 0 Å². The van der Waals surface area contributed by atoms with Gasteiger partial charge in [0.2, 0.25) is 0 Å². The van der Waals surface area contributed by atoms with Crippen molar-refractivity contribution in [3.8, 4) is 0 Å². The van der Waals surface area contributed by atoms with Gasteiger partial charge in [0.25, 0.3) is 0 Å². The van der Waals surface area contributed by atoms with Gasteiger partial charge in [-0.1, -0.05) is 20.4 Å². The molecule has 0 amide bonds. The van der Waals surface area contributed by atoms with Crippen LogP contribution in [0.25, 0.3) is 6.08 Å². The van der Waals surface area contributed by atoms with Gasteiger partial charge in [0.15, 0.2) is 0 Å². The monoisotopic (exact) mass is 166 g/mol. The fourth-order valence-corrected chi connectivity index (χ4v) is 0.925. The Labute approximate surface area is 74.9 Å². The molecule has 12 heavy (non-hydrogen) atoms. The number of rotatable bonds is 1. The Morgan fingerprint density at radius 3 is 2.00 bits per heavy atom. The molecule has 0 bridgehead atoms. The summed E-state index contributed by atoms with van der Waals surface area (Å²) in [6.45, 7) is 11.7. The van der Waals surface area contributed by atoms with Crippen LogP contribution in [-0.2, 0) is 7.05 Å². The van der Waals surface area contributed by atoms with Gasteiger partial charge in [-0.25, -0.2) is 4.98 Å². The van der Waals surface area contributed by atoms with E-state index in [1.807, 2.05) is 32.4 Å². The third-order valence-corrected chi connectivity index (χ3v) is 1.84. The summed E-state index contributed by atoms with van der Waals surface area (Å²) in [4.78, 5) is 4.27. The molecule has 0 aliphatic rings. The van der Waals surface area contributed by atoms with Crippen molar-refractivity contribution < 1.29 is 0 Å². The van der Waals surface area contributed by atoms with Crippen LogP contribution in [0.15, 0.2) is 6.58 Å². The van der Waals surface area contributed by atoms with E-state index in [0.29, 0.717) is 0 Å². The number of hydrogen-bond acceptors (Lipinski definition) is 1. The van der Waals surface area contributed by atoms with Gasteiger partial charge >= 0.3 is 0 Å². The minimum Gasteiger partial charge on any atom is -0.332 e. The third-order valence-electron chi connectivity index (χ3n) is 1.84. The Hall–Kier alpha value is -1.05. The van der Waals surface area contributed by atoms with Gasteiger partial charge in [-0.05, 0) is 19.9 Å². The van der Waals surface area contributed by atoms with E-state index in [-0.39, 0.29) is 0 Å². The molecule has 1 rings (SSSR count). The molecule has 0 unspecified atom stereocenters. The number of nitrogens with zero attached hydrogens (tertiary/aromatic N) is 2. The number of aryl methyl sites for hydroxylation is 1. The first-order chi connectivity index (χ1) is 5.66. The predicted octanol–water partition coefficient (Wildman–Crippen LogP) is 2.71. The molecule has 0 aromatic carbocycles. The molecular formula is C10H18N2. The average molecular weight is 166 g/mol. The Balaban J connectivity index is 0.000000561. The van der Waals surface area contributed by atoms with Crippen LogP contribution in [0.1, 0.15) is 31.1 Å². The van der Waals surface area contributed by atoms with Crippen molar-refractivity contribution in [1.82, 2.24) is 9.55 Å². The number of hydrogen-bond donors (Lipinski definition) is 0. The second-order valence-electron chi connectivity index (χ2n) is 2.40. The quantitative estimate of drug-likeness (QED) is 0.627. The lowest BCUT2D eigenvalue weighted by molar-refractivity contribution is 0.859. The highest BCUT2D eigenvalue weighted by atomic mass is 15.1. The Morgan fingerprint density at radius 2 is 1.83 bits per heavy atom. The molecule has 0 saturated carbocycles. The summed E-state index contributed by atoms with van der Waals surface area (Å²) in [5.74, 6) is 0.940. The predicted molar refractivity (Wildman–Crippen MR) is 54.1 cm³/mol. The van der Waals surface area contributed by atoms with Crippen LogP contribution >= 0.6 is 0 Å². The molecule has 0 aliphatic carbocycles. The van der Waals surface area contributed by atoms with E-state index in [9.17, 15) is 0 Å². The number of aromatic nitrogens is 2. The zero-order valence-electron chi connectivity index (χ0n) is 8.68. The fraction of sp³-hybridized carbons (Fsp3) is 0.500. The maximum Gasteiger partial charge on any atom is 0.132 e. The standard InChI is InChI=1S/C8H12N2.C2H6/c1-5-8-9-6(2)7(3)10(8)4;1-2/h5H,1H2,2-4H3;1-2H3. The molecule has 0 fully saturated rings. The van der Waals surface area contributed by atoms with Crippen LogP contribution in [0.2, 0.25) is 0 Å². The van der Waals surface area contributed by atoms with Gasteiger partial charge in [-0.2, -0.15) is 0 Å². The van der Waals surface area contributed by atoms with Crippen LogP contribution < -0.4 is 0 Å². The molecule has 2 heteroatoms. The van der Waals surface area contributed by atoms with Crippen molar-refractivity contribution in [2.45, 2.75) is 27.7 Å². The Kier molecular flexibility index (Phi) is 4.34. The van der Waals surface area contributed by atoms with Gasteiger partial charge < -0.3 is 4.57 Å². The van der Waals surface area contributed by atoms with Crippen molar-refractivity contribution in [2.24, 2.45) is 7.05 Å². The molecule has 0 N–H and O–H groups in total. The summed E-state index contributed by atoms with van der Waals surface area (Å²) in [5, 5.41) is 0. The number of imidazole rings is 1. The minimum atomic E-state index is 0.940. The molecule has 1 aromatic rings. The molecule has 0 aliphatic heterocycles. The second-order valence-corrected chi connectivity index (χ2v) is 2.40. The summed E-state index contributed by atoms with van der Waals surface area (Å²) >= 11 is 0. The van der Waals surface area contributed by atoms with Gasteiger partial charge in [-0.15, -0.1) is 0 Å². The van der Waals surface area contributed by atoms with Gasteiger partial charge in [0.05, 0.1) is 5.69 Å². The topological polar surface area (TPSA) is 17.8 Å². The summed E-state index contributed by atoms with van der Waals surface area (Å²) in [5.41, 5.74) is 2.28. The van der Waals surface area contributed by atoms with Crippen LogP contribution in [0.4, 0.5) is 0 Å². The van der Waals surface area contributed by atoms with Crippen molar-refractivity contribution in [2.75, 3.05) is 0 Å². The highest BCUT2D eigenvalue weighted by Crippen LogP contribution is 2.07. The lowest BCUT2D eigenvalue weighted by atomic mass is 10.4. The molecule has 0 spiro atoms. The first-order valence-electron chi connectivity index (χ1n) is 4.29. The minimum absolute atomic E-state index is 0.940. The summed E-state index contributed by atoms with van der Waals surface area (Å²) in [7, 11) is 1.99. The zero-order valence-corrected chi connectivity index (χ0v) is 8.68. The van der Waals surface area contributed by atoms with Gasteiger partial charge in [-0.3, -0.25) is 0 Å². The highest BCUT2D eigenvalue weighted by Gasteiger charge is 2.02. The molecule has 0 radical (unpaired) electrons. The summed E-state index contributed by atoms with van der Waals surface area (Å²) in [6.07, 6.45) is 1.76. The van der Waals surface area contributed by atoms with E-state index in [1.165, 1.54) is 5.69 Å². The Bertz CT molecular complexity index is 259. The van der Waals surface area contributed by atoms with Crippen molar-refractivity contribution in [3.63, 3.8) is 0 Å². The van der Waals surface area contributed by atoms with Crippen LogP contribution in [-0.4, -0.2) is 9.55 Å². The van der Waals surface area contributed by atoms with E-state index >= 15 is 0 Å². The molecular weight excluding hydrogens is 148 g/mol. The smallest absolute Gasteiger partial charge is 0.132 e. The van der Waals surface area contributed by atoms with Crippen LogP contribution in [0, 0.1) is 13.8 Å². The molecule has 68 valence electrons. The maximum absolute atomic E-state index is 4.27. The van der Waals surface area contributed by atoms with E-state index in [4.69, 9.17) is 0 Å². The molecule has 0 saturated heterocycles. The van der Waals surface area contributed by atoms with E-state index in [2.05, 4.69) is 18.5 Å². The SMILES string of the molecule is C=Cc1nc(C)c(C)n1C.CC. The second kappa shape index (κ2) is 4.75. The molecule has 1 aromatic heterocycles. The van der Waals surface area contributed by atoms with Gasteiger partial charge in [0, 0.05) is 12.7 Å². The molecule has 2 nitrogen and oxygen atoms in total. The normalized spacial score (nSPS) is 8.75. The first kappa shape index (κ1) is 11.0. The zero-order chi connectivity index (χ0) is 9.72. The molecule has 0 atom stereocenters. The van der Waals surface area contributed by atoms with Gasteiger partial charge in [0.1, 0.15) is 5.82 Å². The lowest BCUT2D eigenvalue weighted by Gasteiger charge is -1.95. The van der Waals surface area contributed by atoms with Crippen molar-refractivity contribution >= 4 is 6.08 Å². The fourth-order valence-electron chi connectivity index (χ4n) is 0.925. The van der Waals surface area contributed by atoms with E-state index < -0.39 is 0 Å². The van der Waals surface area contributed by atoms with E-state index in [1.54, 1.807) is 6.08 Å². The summed E-state index contributed by atoms with van der Waals surface area (Å²) < 4.78 is 2.03. The summed E-state index contributed by atoms with van der Waals surface area (Å²) in [6, 6.07) is 0. The average Bonchev–Trinajstić information content (AvgIpc) is 2.36. The van der Waals surface area contributed by atoms with E-state index in [0.717, 1.165) is 11.5 Å². The lowest BCUT2D eigenvalue weighted by Crippen LogP contribution is -1.93.